The van der Waals surface area contributed by atoms with Crippen LogP contribution >= 0.6 is 0 Å². The SMILES string of the molecule is COC1CN(c2cc(F)ncn2)CCC1C. The average molecular weight is 225 g/mol. The number of rotatable bonds is 2. The lowest BCUT2D eigenvalue weighted by Gasteiger charge is -2.36. The number of aromatic nitrogens is 2. The molecule has 0 aromatic carbocycles. The highest BCUT2D eigenvalue weighted by atomic mass is 19.1. The highest BCUT2D eigenvalue weighted by Gasteiger charge is 2.26. The van der Waals surface area contributed by atoms with Gasteiger partial charge in [0.15, 0.2) is 0 Å². The Morgan fingerprint density at radius 2 is 2.31 bits per heavy atom. The van der Waals surface area contributed by atoms with Crippen LogP contribution in [0.4, 0.5) is 10.2 Å². The van der Waals surface area contributed by atoms with Crippen LogP contribution in [-0.2, 0) is 4.74 Å². The first-order chi connectivity index (χ1) is 7.70. The van der Waals surface area contributed by atoms with Crippen molar-refractivity contribution in [2.24, 2.45) is 5.92 Å². The molecule has 2 heterocycles. The lowest BCUT2D eigenvalue weighted by Crippen LogP contribution is -2.44. The quantitative estimate of drug-likeness (QED) is 0.714. The van der Waals surface area contributed by atoms with Crippen molar-refractivity contribution in [1.82, 2.24) is 9.97 Å². The summed E-state index contributed by atoms with van der Waals surface area (Å²) in [5.41, 5.74) is 0. The minimum absolute atomic E-state index is 0.187. The second kappa shape index (κ2) is 4.74. The fraction of sp³-hybridized carbons (Fsp3) is 0.636. The summed E-state index contributed by atoms with van der Waals surface area (Å²) in [5, 5.41) is 0. The minimum Gasteiger partial charge on any atom is -0.379 e. The van der Waals surface area contributed by atoms with Gasteiger partial charge < -0.3 is 9.64 Å². The van der Waals surface area contributed by atoms with Gasteiger partial charge in [-0.3, -0.25) is 0 Å². The van der Waals surface area contributed by atoms with E-state index in [1.807, 2.05) is 4.90 Å². The number of anilines is 1. The summed E-state index contributed by atoms with van der Waals surface area (Å²) in [4.78, 5) is 9.57. The summed E-state index contributed by atoms with van der Waals surface area (Å²) in [6.07, 6.45) is 2.47. The molecule has 88 valence electrons. The number of piperidine rings is 1. The number of hydrogen-bond acceptors (Lipinski definition) is 4. The molecule has 1 aromatic rings. The van der Waals surface area contributed by atoms with E-state index in [-0.39, 0.29) is 6.10 Å². The fourth-order valence-corrected chi connectivity index (χ4v) is 2.05. The molecule has 1 saturated heterocycles. The van der Waals surface area contributed by atoms with E-state index in [9.17, 15) is 4.39 Å². The molecule has 16 heavy (non-hydrogen) atoms. The van der Waals surface area contributed by atoms with E-state index in [1.165, 1.54) is 12.4 Å². The molecule has 4 nitrogen and oxygen atoms in total. The number of ether oxygens (including phenoxy) is 1. The van der Waals surface area contributed by atoms with Gasteiger partial charge in [0.1, 0.15) is 12.1 Å². The van der Waals surface area contributed by atoms with E-state index in [0.29, 0.717) is 11.7 Å². The maximum atomic E-state index is 13.0. The third-order valence-corrected chi connectivity index (χ3v) is 3.14. The first-order valence-corrected chi connectivity index (χ1v) is 5.46. The number of hydrogen-bond donors (Lipinski definition) is 0. The number of nitrogens with zero attached hydrogens (tertiary/aromatic N) is 3. The second-order valence-corrected chi connectivity index (χ2v) is 4.19. The van der Waals surface area contributed by atoms with Gasteiger partial charge in [-0.25, -0.2) is 9.97 Å². The Morgan fingerprint density at radius 1 is 1.50 bits per heavy atom. The Kier molecular flexibility index (Phi) is 3.33. The van der Waals surface area contributed by atoms with Crippen LogP contribution in [0, 0.1) is 11.9 Å². The van der Waals surface area contributed by atoms with Crippen LogP contribution in [0.2, 0.25) is 0 Å². The van der Waals surface area contributed by atoms with Crippen LogP contribution in [0.25, 0.3) is 0 Å². The Bertz CT molecular complexity index is 361. The van der Waals surface area contributed by atoms with Crippen LogP contribution < -0.4 is 4.90 Å². The third kappa shape index (κ3) is 2.29. The van der Waals surface area contributed by atoms with Gasteiger partial charge in [-0.15, -0.1) is 0 Å². The van der Waals surface area contributed by atoms with Crippen LogP contribution in [0.15, 0.2) is 12.4 Å². The van der Waals surface area contributed by atoms with Gasteiger partial charge in [-0.1, -0.05) is 6.92 Å². The van der Waals surface area contributed by atoms with Crippen molar-refractivity contribution in [2.75, 3.05) is 25.1 Å². The summed E-state index contributed by atoms with van der Waals surface area (Å²) in [7, 11) is 1.71. The van der Waals surface area contributed by atoms with Gasteiger partial charge in [-0.05, 0) is 12.3 Å². The molecule has 0 bridgehead atoms. The Labute approximate surface area is 94.5 Å². The fourth-order valence-electron chi connectivity index (χ4n) is 2.05. The molecule has 1 aromatic heterocycles. The third-order valence-electron chi connectivity index (χ3n) is 3.14. The zero-order valence-electron chi connectivity index (χ0n) is 9.56. The number of halogens is 1. The second-order valence-electron chi connectivity index (χ2n) is 4.19. The number of methoxy groups -OCH3 is 1. The first kappa shape index (κ1) is 11.3. The van der Waals surface area contributed by atoms with Crippen LogP contribution in [0.1, 0.15) is 13.3 Å². The molecule has 0 N–H and O–H groups in total. The first-order valence-electron chi connectivity index (χ1n) is 5.46. The molecule has 2 atom stereocenters. The van der Waals surface area contributed by atoms with E-state index >= 15 is 0 Å². The van der Waals surface area contributed by atoms with E-state index in [4.69, 9.17) is 4.74 Å². The molecule has 1 aliphatic heterocycles. The molecule has 0 radical (unpaired) electrons. The van der Waals surface area contributed by atoms with E-state index in [0.717, 1.165) is 19.5 Å². The smallest absolute Gasteiger partial charge is 0.218 e. The zero-order valence-corrected chi connectivity index (χ0v) is 9.56. The highest BCUT2D eigenvalue weighted by molar-refractivity contribution is 5.37. The molecule has 0 spiro atoms. The van der Waals surface area contributed by atoms with Crippen LogP contribution in [0.5, 0.6) is 0 Å². The Morgan fingerprint density at radius 3 is 3.00 bits per heavy atom. The molecule has 2 rings (SSSR count). The zero-order chi connectivity index (χ0) is 11.5. The summed E-state index contributed by atoms with van der Waals surface area (Å²) < 4.78 is 18.4. The Hall–Kier alpha value is -1.23. The summed E-state index contributed by atoms with van der Waals surface area (Å²) in [6.45, 7) is 3.82. The van der Waals surface area contributed by atoms with E-state index in [1.54, 1.807) is 7.11 Å². The van der Waals surface area contributed by atoms with Crippen molar-refractivity contribution in [2.45, 2.75) is 19.4 Å². The van der Waals surface area contributed by atoms with Gasteiger partial charge in [0.2, 0.25) is 5.95 Å². The maximum Gasteiger partial charge on any atom is 0.218 e. The maximum absolute atomic E-state index is 13.0. The Balaban J connectivity index is 2.11. The predicted molar refractivity (Wildman–Crippen MR) is 58.8 cm³/mol. The van der Waals surface area contributed by atoms with E-state index < -0.39 is 5.95 Å². The van der Waals surface area contributed by atoms with Crippen molar-refractivity contribution in [1.29, 1.82) is 0 Å². The highest BCUT2D eigenvalue weighted by Crippen LogP contribution is 2.23. The van der Waals surface area contributed by atoms with Gasteiger partial charge in [0.05, 0.1) is 6.10 Å². The van der Waals surface area contributed by atoms with Crippen molar-refractivity contribution in [3.8, 4) is 0 Å². The van der Waals surface area contributed by atoms with Crippen molar-refractivity contribution >= 4 is 5.82 Å². The van der Waals surface area contributed by atoms with Gasteiger partial charge >= 0.3 is 0 Å². The topological polar surface area (TPSA) is 38.2 Å². The molecule has 5 heteroatoms. The summed E-state index contributed by atoms with van der Waals surface area (Å²) >= 11 is 0. The average Bonchev–Trinajstić information content (AvgIpc) is 2.29. The lowest BCUT2D eigenvalue weighted by atomic mass is 9.96. The molecule has 0 amide bonds. The van der Waals surface area contributed by atoms with Crippen LogP contribution in [0.3, 0.4) is 0 Å². The lowest BCUT2D eigenvalue weighted by molar-refractivity contribution is 0.0496. The summed E-state index contributed by atoms with van der Waals surface area (Å²) in [5.74, 6) is 0.687. The monoisotopic (exact) mass is 225 g/mol. The van der Waals surface area contributed by atoms with Crippen LogP contribution in [-0.4, -0.2) is 36.3 Å². The predicted octanol–water partition coefficient (Wildman–Crippen LogP) is 1.48. The normalized spacial score (nSPS) is 25.8. The van der Waals surface area contributed by atoms with Crippen molar-refractivity contribution in [3.05, 3.63) is 18.3 Å². The molecule has 2 unspecified atom stereocenters. The minimum atomic E-state index is -0.488. The van der Waals surface area contributed by atoms with Gasteiger partial charge in [-0.2, -0.15) is 4.39 Å². The molecule has 0 saturated carbocycles. The molecular weight excluding hydrogens is 209 g/mol. The largest absolute Gasteiger partial charge is 0.379 e. The summed E-state index contributed by atoms with van der Waals surface area (Å²) in [6, 6.07) is 1.36. The standard InChI is InChI=1S/C11H16FN3O/c1-8-3-4-15(6-9(8)16-2)11-5-10(12)13-7-14-11/h5,7-9H,3-4,6H2,1-2H3. The molecule has 0 aliphatic carbocycles. The van der Waals surface area contributed by atoms with Crippen molar-refractivity contribution in [3.63, 3.8) is 0 Å². The van der Waals surface area contributed by atoms with E-state index in [2.05, 4.69) is 16.9 Å². The van der Waals surface area contributed by atoms with Crippen molar-refractivity contribution < 1.29 is 9.13 Å². The van der Waals surface area contributed by atoms with Gasteiger partial charge in [0, 0.05) is 26.3 Å². The molecular formula is C11H16FN3O. The van der Waals surface area contributed by atoms with Gasteiger partial charge in [0.25, 0.3) is 0 Å². The molecule has 1 fully saturated rings. The molecule has 1 aliphatic rings.